The first-order chi connectivity index (χ1) is 8.61. The molecule has 1 fully saturated rings. The number of hydrogen-bond acceptors (Lipinski definition) is 3. The van der Waals surface area contributed by atoms with E-state index in [2.05, 4.69) is 5.32 Å². The lowest BCUT2D eigenvalue weighted by Gasteiger charge is -2.12. The van der Waals surface area contributed by atoms with Crippen molar-refractivity contribution in [1.82, 2.24) is 5.32 Å². The molecule has 0 spiro atoms. The molecule has 0 aromatic heterocycles. The molecule has 1 aromatic rings. The highest BCUT2D eigenvalue weighted by atomic mass is 19.1. The first-order valence-corrected chi connectivity index (χ1v) is 5.85. The van der Waals surface area contributed by atoms with Crippen LogP contribution in [0.2, 0.25) is 0 Å². The number of ether oxygens (including phenoxy) is 1. The van der Waals surface area contributed by atoms with Gasteiger partial charge in [-0.3, -0.25) is 4.79 Å². The van der Waals surface area contributed by atoms with Gasteiger partial charge in [-0.1, -0.05) is 12.1 Å². The molecule has 0 amide bonds. The van der Waals surface area contributed by atoms with E-state index in [1.165, 1.54) is 6.07 Å². The average Bonchev–Trinajstić information content (AvgIpc) is 2.79. The molecule has 2 N–H and O–H groups in total. The maximum Gasteiger partial charge on any atom is 0.307 e. The van der Waals surface area contributed by atoms with E-state index in [1.54, 1.807) is 19.2 Å². The molecule has 2 unspecified atom stereocenters. The predicted octanol–water partition coefficient (Wildman–Crippen LogP) is 1.71. The van der Waals surface area contributed by atoms with E-state index in [4.69, 9.17) is 9.84 Å². The highest BCUT2D eigenvalue weighted by Gasteiger charge is 2.31. The third-order valence-corrected chi connectivity index (χ3v) is 3.23. The predicted molar refractivity (Wildman–Crippen MR) is 63.6 cm³/mol. The van der Waals surface area contributed by atoms with E-state index >= 15 is 0 Å². The Bertz CT molecular complexity index is 450. The topological polar surface area (TPSA) is 58.6 Å². The average molecular weight is 253 g/mol. The van der Waals surface area contributed by atoms with Crippen LogP contribution in [-0.2, 0) is 16.1 Å². The fourth-order valence-corrected chi connectivity index (χ4v) is 2.27. The number of carboxylic acid groups (broad SMARTS) is 1. The summed E-state index contributed by atoms with van der Waals surface area (Å²) in [6.07, 6.45) is 0.426. The van der Waals surface area contributed by atoms with Gasteiger partial charge in [0, 0.05) is 25.3 Å². The molecule has 0 bridgehead atoms. The Labute approximate surface area is 105 Å². The molecule has 5 heteroatoms. The van der Waals surface area contributed by atoms with Gasteiger partial charge in [0.05, 0.1) is 12.5 Å². The highest BCUT2D eigenvalue weighted by molar-refractivity contribution is 5.70. The minimum Gasteiger partial charge on any atom is -0.481 e. The first-order valence-electron chi connectivity index (χ1n) is 5.85. The molecule has 18 heavy (non-hydrogen) atoms. The van der Waals surface area contributed by atoms with E-state index in [1.807, 2.05) is 0 Å². The number of benzene rings is 1. The summed E-state index contributed by atoms with van der Waals surface area (Å²) in [7, 11) is 1.56. The van der Waals surface area contributed by atoms with Gasteiger partial charge in [0.1, 0.15) is 5.82 Å². The van der Waals surface area contributed by atoms with Crippen molar-refractivity contribution in [3.05, 3.63) is 35.1 Å². The van der Waals surface area contributed by atoms with Crippen molar-refractivity contribution in [2.24, 2.45) is 5.92 Å². The number of nitrogens with one attached hydrogen (secondary N) is 1. The number of hydrogen-bond donors (Lipinski definition) is 2. The zero-order valence-corrected chi connectivity index (χ0v) is 10.1. The lowest BCUT2D eigenvalue weighted by atomic mass is 9.99. The van der Waals surface area contributed by atoms with Gasteiger partial charge in [0.2, 0.25) is 0 Å². The van der Waals surface area contributed by atoms with E-state index in [0.717, 1.165) is 5.56 Å². The van der Waals surface area contributed by atoms with Crippen molar-refractivity contribution in [2.45, 2.75) is 19.1 Å². The van der Waals surface area contributed by atoms with Crippen LogP contribution in [0.5, 0.6) is 0 Å². The summed E-state index contributed by atoms with van der Waals surface area (Å²) in [5.74, 6) is -1.58. The molecular weight excluding hydrogens is 237 g/mol. The largest absolute Gasteiger partial charge is 0.481 e. The highest BCUT2D eigenvalue weighted by Crippen LogP contribution is 2.29. The Hall–Kier alpha value is -1.46. The fraction of sp³-hybridized carbons (Fsp3) is 0.462. The quantitative estimate of drug-likeness (QED) is 0.857. The molecule has 1 aliphatic heterocycles. The fourth-order valence-electron chi connectivity index (χ4n) is 2.27. The molecule has 98 valence electrons. The normalized spacial score (nSPS) is 23.2. The van der Waals surface area contributed by atoms with Gasteiger partial charge in [-0.05, 0) is 18.1 Å². The van der Waals surface area contributed by atoms with E-state index in [9.17, 15) is 9.18 Å². The molecule has 0 saturated carbocycles. The number of halogens is 1. The second-order valence-corrected chi connectivity index (χ2v) is 4.52. The second kappa shape index (κ2) is 5.46. The Morgan fingerprint density at radius 3 is 2.94 bits per heavy atom. The smallest absolute Gasteiger partial charge is 0.307 e. The monoisotopic (exact) mass is 253 g/mol. The number of rotatable bonds is 4. The zero-order valence-electron chi connectivity index (χ0n) is 10.1. The van der Waals surface area contributed by atoms with Crippen LogP contribution in [0.3, 0.4) is 0 Å². The van der Waals surface area contributed by atoms with Crippen LogP contribution in [0.1, 0.15) is 23.6 Å². The molecule has 1 heterocycles. The summed E-state index contributed by atoms with van der Waals surface area (Å²) >= 11 is 0. The Kier molecular flexibility index (Phi) is 3.93. The molecule has 0 aliphatic carbocycles. The summed E-state index contributed by atoms with van der Waals surface area (Å²) in [5, 5.41) is 12.0. The SMILES string of the molecule is COCc1ccc(C2CC(C(=O)O)CN2)c(F)c1. The molecule has 1 saturated heterocycles. The number of carboxylic acids is 1. The van der Waals surface area contributed by atoms with Gasteiger partial charge < -0.3 is 15.2 Å². The molecule has 2 rings (SSSR count). The van der Waals surface area contributed by atoms with Crippen LogP contribution in [0.4, 0.5) is 4.39 Å². The van der Waals surface area contributed by atoms with Gasteiger partial charge in [-0.2, -0.15) is 0 Å². The number of carbonyl (C=O) groups is 1. The van der Waals surface area contributed by atoms with Crippen molar-refractivity contribution < 1.29 is 19.0 Å². The lowest BCUT2D eigenvalue weighted by Crippen LogP contribution is -2.17. The third kappa shape index (κ3) is 2.68. The minimum atomic E-state index is -0.832. The first kappa shape index (κ1) is 13.0. The molecule has 2 atom stereocenters. The summed E-state index contributed by atoms with van der Waals surface area (Å²) in [4.78, 5) is 10.9. The maximum absolute atomic E-state index is 13.9. The van der Waals surface area contributed by atoms with Crippen LogP contribution in [0.25, 0.3) is 0 Å². The molecule has 1 aromatic carbocycles. The van der Waals surface area contributed by atoms with Crippen molar-refractivity contribution in [3.63, 3.8) is 0 Å². The van der Waals surface area contributed by atoms with Gasteiger partial charge in [0.25, 0.3) is 0 Å². The summed E-state index contributed by atoms with van der Waals surface area (Å²) in [6.45, 7) is 0.756. The Morgan fingerprint density at radius 2 is 2.39 bits per heavy atom. The standard InChI is InChI=1S/C13H16FNO3/c1-18-7-8-2-3-10(11(14)4-8)12-5-9(6-15-12)13(16)17/h2-4,9,12,15H,5-7H2,1H3,(H,16,17). The Balaban J connectivity index is 2.12. The summed E-state index contributed by atoms with van der Waals surface area (Å²) < 4.78 is 18.8. The summed E-state index contributed by atoms with van der Waals surface area (Å²) in [5.41, 5.74) is 1.30. The van der Waals surface area contributed by atoms with Gasteiger partial charge in [-0.25, -0.2) is 4.39 Å². The van der Waals surface area contributed by atoms with Crippen LogP contribution in [0.15, 0.2) is 18.2 Å². The Morgan fingerprint density at radius 1 is 1.61 bits per heavy atom. The molecule has 0 radical (unpaired) electrons. The zero-order chi connectivity index (χ0) is 13.1. The van der Waals surface area contributed by atoms with Crippen molar-refractivity contribution in [3.8, 4) is 0 Å². The van der Waals surface area contributed by atoms with Crippen LogP contribution in [-0.4, -0.2) is 24.7 Å². The van der Waals surface area contributed by atoms with E-state index in [-0.39, 0.29) is 11.9 Å². The van der Waals surface area contributed by atoms with Gasteiger partial charge >= 0.3 is 5.97 Å². The minimum absolute atomic E-state index is 0.220. The molecular formula is C13H16FNO3. The molecule has 1 aliphatic rings. The van der Waals surface area contributed by atoms with Crippen molar-refractivity contribution in [1.29, 1.82) is 0 Å². The number of methoxy groups -OCH3 is 1. The van der Waals surface area contributed by atoms with E-state index in [0.29, 0.717) is 25.1 Å². The van der Waals surface area contributed by atoms with Crippen molar-refractivity contribution in [2.75, 3.05) is 13.7 Å². The van der Waals surface area contributed by atoms with E-state index < -0.39 is 11.9 Å². The maximum atomic E-state index is 13.9. The van der Waals surface area contributed by atoms with Crippen LogP contribution < -0.4 is 5.32 Å². The third-order valence-electron chi connectivity index (χ3n) is 3.23. The van der Waals surface area contributed by atoms with Crippen LogP contribution in [0, 0.1) is 11.7 Å². The summed E-state index contributed by atoms with van der Waals surface area (Å²) in [6, 6.07) is 4.72. The van der Waals surface area contributed by atoms with Gasteiger partial charge in [-0.15, -0.1) is 0 Å². The van der Waals surface area contributed by atoms with Gasteiger partial charge in [0.15, 0.2) is 0 Å². The van der Waals surface area contributed by atoms with Crippen molar-refractivity contribution >= 4 is 5.97 Å². The van der Waals surface area contributed by atoms with Crippen LogP contribution >= 0.6 is 0 Å². The number of aliphatic carboxylic acids is 1. The molecule has 4 nitrogen and oxygen atoms in total. The second-order valence-electron chi connectivity index (χ2n) is 4.52. The lowest BCUT2D eigenvalue weighted by molar-refractivity contribution is -0.141.